The molecule has 3 aromatic heterocycles. The zero-order chi connectivity index (χ0) is 19.0. The van der Waals surface area contributed by atoms with E-state index in [0.29, 0.717) is 16.8 Å². The zero-order valence-electron chi connectivity index (χ0n) is 13.9. The number of carbonyl (C=O) groups is 1. The van der Waals surface area contributed by atoms with E-state index >= 15 is 0 Å². The summed E-state index contributed by atoms with van der Waals surface area (Å²) in [5.74, 6) is -1.61. The third kappa shape index (κ3) is 3.38. The third-order valence-electron chi connectivity index (χ3n) is 3.82. The number of aryl methyl sites for hydroxylation is 1. The van der Waals surface area contributed by atoms with E-state index in [1.807, 2.05) is 22.9 Å². The maximum Gasteiger partial charge on any atom is 0.256 e. The number of hydrogen-bond acceptors (Lipinski definition) is 5. The molecular weight excluding hydrogens is 390 g/mol. The topological polar surface area (TPSA) is 59.8 Å². The van der Waals surface area contributed by atoms with Crippen LogP contribution in [0.5, 0.6) is 0 Å². The Morgan fingerprint density at radius 3 is 2.78 bits per heavy atom. The molecule has 1 aromatic carbocycles. The first kappa shape index (κ1) is 17.5. The first-order valence-corrected chi connectivity index (χ1v) is 9.59. The van der Waals surface area contributed by atoms with Crippen LogP contribution in [0.3, 0.4) is 0 Å². The van der Waals surface area contributed by atoms with Crippen molar-refractivity contribution >= 4 is 34.4 Å². The van der Waals surface area contributed by atoms with Crippen LogP contribution in [0.4, 0.5) is 14.6 Å². The van der Waals surface area contributed by atoms with Crippen LogP contribution in [0.15, 0.2) is 47.3 Å². The SMILES string of the molecule is Cc1ncc(NC(=O)c2ccc(F)c(F)c2)n1-c1nc(-c2cccs2)cs1. The van der Waals surface area contributed by atoms with Gasteiger partial charge in [-0.15, -0.1) is 22.7 Å². The molecule has 0 atom stereocenters. The summed E-state index contributed by atoms with van der Waals surface area (Å²) in [5, 5.41) is 7.23. The molecule has 0 bridgehead atoms. The summed E-state index contributed by atoms with van der Waals surface area (Å²) in [5.41, 5.74) is 0.855. The van der Waals surface area contributed by atoms with Gasteiger partial charge in [-0.25, -0.2) is 18.7 Å². The number of nitrogens with one attached hydrogen (secondary N) is 1. The summed E-state index contributed by atoms with van der Waals surface area (Å²) >= 11 is 3.01. The molecule has 0 saturated heterocycles. The number of aromatic nitrogens is 3. The lowest BCUT2D eigenvalue weighted by Gasteiger charge is -2.08. The molecule has 0 unspecified atom stereocenters. The molecule has 1 amide bonds. The molecule has 27 heavy (non-hydrogen) atoms. The van der Waals surface area contributed by atoms with Crippen LogP contribution in [0.25, 0.3) is 15.7 Å². The first-order valence-electron chi connectivity index (χ1n) is 7.83. The highest BCUT2D eigenvalue weighted by atomic mass is 32.1. The number of benzene rings is 1. The molecular formula is C18H12F2N4OS2. The fourth-order valence-corrected chi connectivity index (χ4v) is 4.15. The average Bonchev–Trinajstić information content (AvgIpc) is 3.38. The van der Waals surface area contributed by atoms with Crippen molar-refractivity contribution in [1.82, 2.24) is 14.5 Å². The van der Waals surface area contributed by atoms with Crippen molar-refractivity contribution in [2.24, 2.45) is 0 Å². The van der Waals surface area contributed by atoms with Crippen molar-refractivity contribution in [2.45, 2.75) is 6.92 Å². The van der Waals surface area contributed by atoms with Gasteiger partial charge < -0.3 is 5.32 Å². The molecule has 4 rings (SSSR count). The Kier molecular flexibility index (Phi) is 4.54. The Labute approximate surface area is 161 Å². The Morgan fingerprint density at radius 2 is 2.04 bits per heavy atom. The molecule has 136 valence electrons. The molecule has 1 N–H and O–H groups in total. The van der Waals surface area contributed by atoms with Crippen LogP contribution in [-0.4, -0.2) is 20.4 Å². The molecule has 5 nitrogen and oxygen atoms in total. The van der Waals surface area contributed by atoms with E-state index in [4.69, 9.17) is 0 Å². The van der Waals surface area contributed by atoms with Crippen molar-refractivity contribution in [3.8, 4) is 15.7 Å². The van der Waals surface area contributed by atoms with Gasteiger partial charge in [0.15, 0.2) is 16.8 Å². The predicted molar refractivity (Wildman–Crippen MR) is 102 cm³/mol. The quantitative estimate of drug-likeness (QED) is 0.528. The summed E-state index contributed by atoms with van der Waals surface area (Å²) in [6.45, 7) is 1.79. The largest absolute Gasteiger partial charge is 0.306 e. The summed E-state index contributed by atoms with van der Waals surface area (Å²) < 4.78 is 28.2. The monoisotopic (exact) mass is 402 g/mol. The number of imidazole rings is 1. The van der Waals surface area contributed by atoms with Crippen molar-refractivity contribution in [1.29, 1.82) is 0 Å². The highest BCUT2D eigenvalue weighted by molar-refractivity contribution is 7.15. The molecule has 0 aliphatic carbocycles. The number of thiazole rings is 1. The van der Waals surface area contributed by atoms with Gasteiger partial charge in [0.05, 0.1) is 16.8 Å². The van der Waals surface area contributed by atoms with E-state index < -0.39 is 17.5 Å². The summed E-state index contributed by atoms with van der Waals surface area (Å²) in [6, 6.07) is 6.93. The number of halogens is 2. The van der Waals surface area contributed by atoms with E-state index in [-0.39, 0.29) is 5.56 Å². The summed E-state index contributed by atoms with van der Waals surface area (Å²) in [4.78, 5) is 22.3. The third-order valence-corrected chi connectivity index (χ3v) is 5.54. The second-order valence-corrected chi connectivity index (χ2v) is 7.39. The number of anilines is 1. The zero-order valence-corrected chi connectivity index (χ0v) is 15.6. The van der Waals surface area contributed by atoms with Gasteiger partial charge in [-0.05, 0) is 36.6 Å². The molecule has 0 aliphatic rings. The van der Waals surface area contributed by atoms with Crippen molar-refractivity contribution in [2.75, 3.05) is 5.32 Å². The molecule has 0 aliphatic heterocycles. The molecule has 9 heteroatoms. The Bertz CT molecular complexity index is 1120. The van der Waals surface area contributed by atoms with Crippen LogP contribution in [0.1, 0.15) is 16.2 Å². The molecule has 0 saturated carbocycles. The number of hydrogen-bond donors (Lipinski definition) is 1. The average molecular weight is 402 g/mol. The Morgan fingerprint density at radius 1 is 1.19 bits per heavy atom. The van der Waals surface area contributed by atoms with Crippen molar-refractivity contribution in [3.63, 3.8) is 0 Å². The predicted octanol–water partition coefficient (Wildman–Crippen LogP) is 4.90. The number of carbonyl (C=O) groups excluding carboxylic acids is 1. The first-order chi connectivity index (χ1) is 13.0. The second-order valence-electron chi connectivity index (χ2n) is 5.60. The number of rotatable bonds is 4. The minimum absolute atomic E-state index is 0.0118. The van der Waals surface area contributed by atoms with Crippen LogP contribution >= 0.6 is 22.7 Å². The highest BCUT2D eigenvalue weighted by Crippen LogP contribution is 2.30. The maximum absolute atomic E-state index is 13.4. The fourth-order valence-electron chi connectivity index (χ4n) is 2.50. The standard InChI is InChI=1S/C18H12F2N4OS2/c1-10-21-8-16(23-17(25)11-4-5-12(19)13(20)7-11)24(10)18-22-14(9-27-18)15-3-2-6-26-15/h2-9H,1H3,(H,23,25). The lowest BCUT2D eigenvalue weighted by atomic mass is 10.2. The molecule has 4 aromatic rings. The van der Waals surface area contributed by atoms with E-state index in [2.05, 4.69) is 15.3 Å². The van der Waals surface area contributed by atoms with Gasteiger partial charge in [-0.2, -0.15) is 0 Å². The van der Waals surface area contributed by atoms with Crippen molar-refractivity contribution < 1.29 is 13.6 Å². The van der Waals surface area contributed by atoms with Crippen LogP contribution in [0, 0.1) is 18.6 Å². The minimum atomic E-state index is -1.08. The van der Waals surface area contributed by atoms with Gasteiger partial charge in [-0.1, -0.05) is 6.07 Å². The van der Waals surface area contributed by atoms with E-state index in [1.54, 1.807) is 22.8 Å². The lowest BCUT2D eigenvalue weighted by Crippen LogP contribution is -2.15. The van der Waals surface area contributed by atoms with Crippen LogP contribution in [0.2, 0.25) is 0 Å². The highest BCUT2D eigenvalue weighted by Gasteiger charge is 2.17. The molecule has 0 fully saturated rings. The molecule has 0 radical (unpaired) electrons. The maximum atomic E-state index is 13.4. The van der Waals surface area contributed by atoms with Gasteiger partial charge in [0.25, 0.3) is 5.91 Å². The fraction of sp³-hybridized carbons (Fsp3) is 0.0556. The van der Waals surface area contributed by atoms with Gasteiger partial charge >= 0.3 is 0 Å². The van der Waals surface area contributed by atoms with Gasteiger partial charge in [0.2, 0.25) is 0 Å². The number of thiophene rings is 1. The van der Waals surface area contributed by atoms with Crippen molar-refractivity contribution in [3.05, 3.63) is 70.3 Å². The normalized spacial score (nSPS) is 10.9. The summed E-state index contributed by atoms with van der Waals surface area (Å²) in [6.07, 6.45) is 1.50. The molecule has 0 spiro atoms. The van der Waals surface area contributed by atoms with Crippen LogP contribution in [-0.2, 0) is 0 Å². The van der Waals surface area contributed by atoms with E-state index in [9.17, 15) is 13.6 Å². The number of amides is 1. The Hall–Kier alpha value is -2.91. The minimum Gasteiger partial charge on any atom is -0.306 e. The van der Waals surface area contributed by atoms with E-state index in [0.717, 1.165) is 22.7 Å². The molecule has 3 heterocycles. The smallest absolute Gasteiger partial charge is 0.256 e. The lowest BCUT2D eigenvalue weighted by molar-refractivity contribution is 0.102. The van der Waals surface area contributed by atoms with Gasteiger partial charge in [-0.3, -0.25) is 9.36 Å². The van der Waals surface area contributed by atoms with Gasteiger partial charge in [0.1, 0.15) is 11.6 Å². The second kappa shape index (κ2) is 7.01. The van der Waals surface area contributed by atoms with E-state index in [1.165, 1.54) is 23.6 Å². The van der Waals surface area contributed by atoms with Gasteiger partial charge in [0, 0.05) is 10.9 Å². The number of nitrogens with zero attached hydrogens (tertiary/aromatic N) is 3. The summed E-state index contributed by atoms with van der Waals surface area (Å²) in [7, 11) is 0. The van der Waals surface area contributed by atoms with Crippen LogP contribution < -0.4 is 5.32 Å². The Balaban J connectivity index is 1.64.